The quantitative estimate of drug-likeness (QED) is 0.883. The maximum Gasteiger partial charge on any atom is 0.270 e. The van der Waals surface area contributed by atoms with Crippen LogP contribution in [0.15, 0.2) is 24.8 Å². The van der Waals surface area contributed by atoms with E-state index < -0.39 is 0 Å². The maximum absolute atomic E-state index is 12.9. The van der Waals surface area contributed by atoms with Crippen LogP contribution in [-0.2, 0) is 4.74 Å². The SMILES string of the molecule is CC1CCC(NC(=O)c2cc(N3CCOCC3)nc(-n3ccnc3)n2)CC1. The van der Waals surface area contributed by atoms with Crippen LogP contribution in [0.1, 0.15) is 43.1 Å². The van der Waals surface area contributed by atoms with Gasteiger partial charge in [-0.3, -0.25) is 9.36 Å². The summed E-state index contributed by atoms with van der Waals surface area (Å²) in [7, 11) is 0. The molecule has 8 heteroatoms. The number of hydrogen-bond donors (Lipinski definition) is 1. The molecule has 1 saturated heterocycles. The molecule has 0 radical (unpaired) electrons. The number of ether oxygens (including phenoxy) is 1. The minimum Gasteiger partial charge on any atom is -0.378 e. The molecule has 144 valence electrons. The number of carbonyl (C=O) groups excluding carboxylic acids is 1. The summed E-state index contributed by atoms with van der Waals surface area (Å²) in [5.41, 5.74) is 0.397. The lowest BCUT2D eigenvalue weighted by Crippen LogP contribution is -2.39. The number of carbonyl (C=O) groups is 1. The van der Waals surface area contributed by atoms with Gasteiger partial charge in [0, 0.05) is 37.6 Å². The Hall–Kier alpha value is -2.48. The summed E-state index contributed by atoms with van der Waals surface area (Å²) in [5, 5.41) is 3.16. The number of amides is 1. The lowest BCUT2D eigenvalue weighted by atomic mass is 9.87. The first-order chi connectivity index (χ1) is 13.2. The molecule has 1 amide bonds. The minimum absolute atomic E-state index is 0.132. The van der Waals surface area contributed by atoms with Crippen molar-refractivity contribution in [1.82, 2.24) is 24.8 Å². The molecule has 0 aromatic carbocycles. The Morgan fingerprint density at radius 2 is 1.96 bits per heavy atom. The first-order valence-electron chi connectivity index (χ1n) is 9.70. The van der Waals surface area contributed by atoms with E-state index in [1.54, 1.807) is 29.4 Å². The fourth-order valence-corrected chi connectivity index (χ4v) is 3.65. The van der Waals surface area contributed by atoms with Crippen LogP contribution in [0.4, 0.5) is 5.82 Å². The van der Waals surface area contributed by atoms with Gasteiger partial charge in [-0.05, 0) is 31.6 Å². The fourth-order valence-electron chi connectivity index (χ4n) is 3.65. The Morgan fingerprint density at radius 3 is 2.67 bits per heavy atom. The lowest BCUT2D eigenvalue weighted by molar-refractivity contribution is 0.0917. The first-order valence-corrected chi connectivity index (χ1v) is 9.70. The Kier molecular flexibility index (Phi) is 5.33. The van der Waals surface area contributed by atoms with E-state index in [0.29, 0.717) is 24.9 Å². The number of morpholine rings is 1. The molecular weight excluding hydrogens is 344 g/mol. The van der Waals surface area contributed by atoms with Gasteiger partial charge in [-0.15, -0.1) is 0 Å². The van der Waals surface area contributed by atoms with Crippen LogP contribution in [0, 0.1) is 5.92 Å². The van der Waals surface area contributed by atoms with Gasteiger partial charge >= 0.3 is 0 Å². The fraction of sp³-hybridized carbons (Fsp3) is 0.579. The highest BCUT2D eigenvalue weighted by Crippen LogP contribution is 2.24. The highest BCUT2D eigenvalue weighted by atomic mass is 16.5. The average Bonchev–Trinajstić information content (AvgIpc) is 3.25. The highest BCUT2D eigenvalue weighted by molar-refractivity contribution is 5.93. The van der Waals surface area contributed by atoms with Crippen molar-refractivity contribution in [2.75, 3.05) is 31.2 Å². The van der Waals surface area contributed by atoms with E-state index in [2.05, 4.69) is 32.1 Å². The third-order valence-corrected chi connectivity index (χ3v) is 5.35. The van der Waals surface area contributed by atoms with E-state index in [1.807, 2.05) is 0 Å². The number of nitrogens with zero attached hydrogens (tertiary/aromatic N) is 5. The van der Waals surface area contributed by atoms with E-state index >= 15 is 0 Å². The third-order valence-electron chi connectivity index (χ3n) is 5.35. The maximum atomic E-state index is 12.9. The molecule has 1 aliphatic carbocycles. The Bertz CT molecular complexity index is 765. The molecule has 3 heterocycles. The van der Waals surface area contributed by atoms with Crippen molar-refractivity contribution in [3.05, 3.63) is 30.5 Å². The number of imidazole rings is 1. The van der Waals surface area contributed by atoms with Crippen LogP contribution < -0.4 is 10.2 Å². The van der Waals surface area contributed by atoms with E-state index in [9.17, 15) is 4.79 Å². The first kappa shape index (κ1) is 17.9. The summed E-state index contributed by atoms with van der Waals surface area (Å²) in [5.74, 6) is 1.82. The van der Waals surface area contributed by atoms with Crippen molar-refractivity contribution in [1.29, 1.82) is 0 Å². The second-order valence-electron chi connectivity index (χ2n) is 7.41. The molecule has 0 spiro atoms. The second kappa shape index (κ2) is 8.04. The molecule has 27 heavy (non-hydrogen) atoms. The molecule has 8 nitrogen and oxygen atoms in total. The molecule has 2 fully saturated rings. The van der Waals surface area contributed by atoms with Crippen LogP contribution in [0.2, 0.25) is 0 Å². The van der Waals surface area contributed by atoms with E-state index in [-0.39, 0.29) is 11.9 Å². The standard InChI is InChI=1S/C19H26N6O2/c1-14-2-4-15(5-3-14)21-18(26)16-12-17(24-8-10-27-11-9-24)23-19(22-16)25-7-6-20-13-25/h6-7,12-15H,2-5,8-11H2,1H3,(H,21,26). The largest absolute Gasteiger partial charge is 0.378 e. The smallest absolute Gasteiger partial charge is 0.270 e. The van der Waals surface area contributed by atoms with Crippen LogP contribution in [-0.4, -0.2) is 57.8 Å². The third kappa shape index (κ3) is 4.27. The number of rotatable bonds is 4. The van der Waals surface area contributed by atoms with Gasteiger partial charge < -0.3 is 15.0 Å². The Morgan fingerprint density at radius 1 is 1.19 bits per heavy atom. The van der Waals surface area contributed by atoms with Crippen molar-refractivity contribution in [3.63, 3.8) is 0 Å². The predicted molar refractivity (Wildman–Crippen MR) is 101 cm³/mol. The van der Waals surface area contributed by atoms with E-state index in [0.717, 1.165) is 50.5 Å². The molecule has 1 saturated carbocycles. The molecule has 1 aliphatic heterocycles. The Labute approximate surface area is 159 Å². The molecule has 4 rings (SSSR count). The predicted octanol–water partition coefficient (Wildman–Crippen LogP) is 1.81. The molecule has 0 unspecified atom stereocenters. The van der Waals surface area contributed by atoms with Crippen molar-refractivity contribution >= 4 is 11.7 Å². The highest BCUT2D eigenvalue weighted by Gasteiger charge is 2.23. The lowest BCUT2D eigenvalue weighted by Gasteiger charge is -2.29. The van der Waals surface area contributed by atoms with Gasteiger partial charge in [0.15, 0.2) is 0 Å². The summed E-state index contributed by atoms with van der Waals surface area (Å²) in [6.07, 6.45) is 9.48. The van der Waals surface area contributed by atoms with Crippen molar-refractivity contribution < 1.29 is 9.53 Å². The molecule has 2 aromatic heterocycles. The molecular formula is C19H26N6O2. The van der Waals surface area contributed by atoms with Gasteiger partial charge in [-0.25, -0.2) is 9.97 Å². The zero-order chi connectivity index (χ0) is 18.6. The normalized spacial score (nSPS) is 23.2. The number of anilines is 1. The van der Waals surface area contributed by atoms with E-state index in [1.165, 1.54) is 0 Å². The van der Waals surface area contributed by atoms with Gasteiger partial charge in [0.25, 0.3) is 5.91 Å². The summed E-state index contributed by atoms with van der Waals surface area (Å²) in [6.45, 7) is 5.09. The monoisotopic (exact) mass is 370 g/mol. The molecule has 2 aromatic rings. The van der Waals surface area contributed by atoms with Gasteiger partial charge in [0.2, 0.25) is 5.95 Å². The molecule has 2 aliphatic rings. The number of aromatic nitrogens is 4. The van der Waals surface area contributed by atoms with Crippen LogP contribution in [0.3, 0.4) is 0 Å². The van der Waals surface area contributed by atoms with Crippen LogP contribution in [0.5, 0.6) is 0 Å². The van der Waals surface area contributed by atoms with E-state index in [4.69, 9.17) is 4.74 Å². The van der Waals surface area contributed by atoms with Crippen molar-refractivity contribution in [2.24, 2.45) is 5.92 Å². The zero-order valence-corrected chi connectivity index (χ0v) is 15.7. The summed E-state index contributed by atoms with van der Waals surface area (Å²) < 4.78 is 7.16. The topological polar surface area (TPSA) is 85.2 Å². The summed E-state index contributed by atoms with van der Waals surface area (Å²) in [4.78, 5) is 28.2. The van der Waals surface area contributed by atoms with Crippen molar-refractivity contribution in [3.8, 4) is 5.95 Å². The average molecular weight is 370 g/mol. The van der Waals surface area contributed by atoms with Crippen LogP contribution in [0.25, 0.3) is 5.95 Å². The molecule has 1 N–H and O–H groups in total. The molecule has 0 atom stereocenters. The van der Waals surface area contributed by atoms with Crippen LogP contribution >= 0.6 is 0 Å². The van der Waals surface area contributed by atoms with Crippen molar-refractivity contribution in [2.45, 2.75) is 38.6 Å². The van der Waals surface area contributed by atoms with Gasteiger partial charge in [-0.2, -0.15) is 4.98 Å². The molecule has 0 bridgehead atoms. The Balaban J connectivity index is 1.58. The number of hydrogen-bond acceptors (Lipinski definition) is 6. The van der Waals surface area contributed by atoms with Gasteiger partial charge in [0.05, 0.1) is 13.2 Å². The van der Waals surface area contributed by atoms with Gasteiger partial charge in [0.1, 0.15) is 17.8 Å². The van der Waals surface area contributed by atoms with Gasteiger partial charge in [-0.1, -0.05) is 6.92 Å². The summed E-state index contributed by atoms with van der Waals surface area (Å²) in [6, 6.07) is 2.01. The zero-order valence-electron chi connectivity index (χ0n) is 15.7. The minimum atomic E-state index is -0.132. The summed E-state index contributed by atoms with van der Waals surface area (Å²) >= 11 is 0. The number of nitrogens with one attached hydrogen (secondary N) is 1. The second-order valence-corrected chi connectivity index (χ2v) is 7.41.